The zero-order chi connectivity index (χ0) is 30.4. The Labute approximate surface area is 255 Å². The smallest absolute Gasteiger partial charge is 0.323 e. The van der Waals surface area contributed by atoms with Crippen molar-refractivity contribution in [1.29, 1.82) is 0 Å². The van der Waals surface area contributed by atoms with Gasteiger partial charge >= 0.3 is 11.9 Å². The standard InChI is InChI=1S/C35H34ClNO6/c1-24-29(21-35(17-18-35)22-32(38)39)28-8-6-7-26(34(28)37(24)23-33(40)41)14-11-25-12-15-27(16-13-25)42-19-4-5-20-43-31-10-3-2-9-30(31)36/h2-16H,17-23H2,1H3,(H,38,39)(H,40,41). The Morgan fingerprint density at radius 1 is 0.907 bits per heavy atom. The molecule has 8 heteroatoms. The molecule has 1 heterocycles. The van der Waals surface area contributed by atoms with E-state index < -0.39 is 11.9 Å². The number of aliphatic carboxylic acids is 2. The van der Waals surface area contributed by atoms with E-state index in [9.17, 15) is 19.8 Å². The quantitative estimate of drug-likeness (QED) is 0.114. The topological polar surface area (TPSA) is 98.0 Å². The molecule has 2 N–H and O–H groups in total. The highest BCUT2D eigenvalue weighted by molar-refractivity contribution is 6.32. The van der Waals surface area contributed by atoms with Crippen molar-refractivity contribution in [1.82, 2.24) is 4.57 Å². The molecule has 5 rings (SSSR count). The second-order valence-corrected chi connectivity index (χ2v) is 11.4. The average molecular weight is 600 g/mol. The van der Waals surface area contributed by atoms with Gasteiger partial charge in [0.15, 0.2) is 0 Å². The number of fused-ring (bicyclic) bond motifs is 1. The van der Waals surface area contributed by atoms with Crippen LogP contribution in [0.25, 0.3) is 23.1 Å². The Kier molecular flexibility index (Phi) is 9.22. The predicted molar refractivity (Wildman–Crippen MR) is 169 cm³/mol. The molecule has 0 atom stereocenters. The Morgan fingerprint density at radius 2 is 1.63 bits per heavy atom. The van der Waals surface area contributed by atoms with Gasteiger partial charge in [-0.15, -0.1) is 0 Å². The molecule has 222 valence electrons. The summed E-state index contributed by atoms with van der Waals surface area (Å²) in [6, 6.07) is 21.0. The van der Waals surface area contributed by atoms with Crippen molar-refractivity contribution in [3.8, 4) is 11.5 Å². The van der Waals surface area contributed by atoms with Gasteiger partial charge < -0.3 is 24.3 Å². The minimum absolute atomic E-state index is 0.131. The van der Waals surface area contributed by atoms with Crippen LogP contribution in [0.3, 0.4) is 0 Å². The number of carboxylic acid groups (broad SMARTS) is 2. The lowest BCUT2D eigenvalue weighted by molar-refractivity contribution is -0.139. The molecule has 43 heavy (non-hydrogen) atoms. The predicted octanol–water partition coefficient (Wildman–Crippen LogP) is 7.67. The van der Waals surface area contributed by atoms with Crippen LogP contribution >= 0.6 is 11.6 Å². The Morgan fingerprint density at radius 3 is 2.30 bits per heavy atom. The summed E-state index contributed by atoms with van der Waals surface area (Å²) < 4.78 is 13.3. The summed E-state index contributed by atoms with van der Waals surface area (Å²) in [5.41, 5.74) is 4.40. The van der Waals surface area contributed by atoms with Gasteiger partial charge in [-0.2, -0.15) is 0 Å². The number of rotatable bonds is 14. The first-order valence-electron chi connectivity index (χ1n) is 14.2. The third-order valence-electron chi connectivity index (χ3n) is 7.85. The molecular weight excluding hydrogens is 566 g/mol. The Hall–Kier alpha value is -4.49. The van der Waals surface area contributed by atoms with Crippen molar-refractivity contribution in [3.05, 3.63) is 106 Å². The maximum absolute atomic E-state index is 11.8. The van der Waals surface area contributed by atoms with Crippen molar-refractivity contribution in [2.24, 2.45) is 5.41 Å². The van der Waals surface area contributed by atoms with Gasteiger partial charge in [-0.1, -0.05) is 66.2 Å². The summed E-state index contributed by atoms with van der Waals surface area (Å²) in [7, 11) is 0. The number of aromatic nitrogens is 1. The monoisotopic (exact) mass is 599 g/mol. The summed E-state index contributed by atoms with van der Waals surface area (Å²) in [5, 5.41) is 20.6. The van der Waals surface area contributed by atoms with E-state index in [1.165, 1.54) is 0 Å². The van der Waals surface area contributed by atoms with Crippen LogP contribution in [0, 0.1) is 12.3 Å². The number of benzene rings is 3. The minimum Gasteiger partial charge on any atom is -0.490 e. The van der Waals surface area contributed by atoms with Gasteiger partial charge in [0.1, 0.15) is 31.3 Å². The molecule has 0 aliphatic heterocycles. The molecule has 1 aliphatic carbocycles. The van der Waals surface area contributed by atoms with Crippen LogP contribution in [0.5, 0.6) is 11.5 Å². The van der Waals surface area contributed by atoms with Crippen LogP contribution in [0.2, 0.25) is 5.02 Å². The fourth-order valence-electron chi connectivity index (χ4n) is 5.45. The number of hydrogen-bond acceptors (Lipinski definition) is 4. The fourth-order valence-corrected chi connectivity index (χ4v) is 5.64. The summed E-state index contributed by atoms with van der Waals surface area (Å²) in [4.78, 5) is 23.3. The molecular formula is C35H34ClNO6. The minimum atomic E-state index is -0.921. The lowest BCUT2D eigenvalue weighted by Gasteiger charge is -2.13. The first kappa shape index (κ1) is 30.0. The zero-order valence-corrected chi connectivity index (χ0v) is 24.7. The van der Waals surface area contributed by atoms with E-state index in [0.29, 0.717) is 30.4 Å². The molecule has 1 saturated carbocycles. The van der Waals surface area contributed by atoms with E-state index in [0.717, 1.165) is 51.9 Å². The Bertz CT molecular complexity index is 1680. The number of halogens is 1. The molecule has 0 unspecified atom stereocenters. The number of ether oxygens (including phenoxy) is 2. The number of hydrogen-bond donors (Lipinski definition) is 2. The van der Waals surface area contributed by atoms with Crippen LogP contribution in [0.15, 0.2) is 78.9 Å². The fraction of sp³-hybridized carbons (Fsp3) is 0.257. The van der Waals surface area contributed by atoms with E-state index in [1.54, 1.807) is 6.07 Å². The summed E-state index contributed by atoms with van der Waals surface area (Å²) in [5.74, 6) is -0.333. The van der Waals surface area contributed by atoms with Gasteiger partial charge in [-0.05, 0) is 84.7 Å². The van der Waals surface area contributed by atoms with E-state index in [1.807, 2.05) is 96.5 Å². The number of para-hydroxylation sites is 2. The first-order valence-corrected chi connectivity index (χ1v) is 14.6. The van der Waals surface area contributed by atoms with Crippen LogP contribution in [0.1, 0.15) is 41.6 Å². The highest BCUT2D eigenvalue weighted by Crippen LogP contribution is 2.52. The molecule has 1 aliphatic rings. The highest BCUT2D eigenvalue weighted by Gasteiger charge is 2.45. The van der Waals surface area contributed by atoms with Crippen LogP contribution in [0.4, 0.5) is 0 Å². The van der Waals surface area contributed by atoms with Crippen molar-refractivity contribution in [3.63, 3.8) is 0 Å². The maximum Gasteiger partial charge on any atom is 0.323 e. The number of carbonyl (C=O) groups is 2. The average Bonchev–Trinajstić information content (AvgIpc) is 3.69. The molecule has 1 aromatic heterocycles. The normalized spacial score (nSPS) is 14.0. The summed E-state index contributed by atoms with van der Waals surface area (Å²) in [6.45, 7) is 2.57. The van der Waals surface area contributed by atoms with Gasteiger partial charge in [-0.25, -0.2) is 0 Å². The van der Waals surface area contributed by atoms with Gasteiger partial charge in [0.05, 0.1) is 17.0 Å². The van der Waals surface area contributed by atoms with Crippen molar-refractivity contribution >= 4 is 46.6 Å². The third-order valence-corrected chi connectivity index (χ3v) is 8.16. The summed E-state index contributed by atoms with van der Waals surface area (Å²) in [6.07, 6.45) is 10.3. The van der Waals surface area contributed by atoms with E-state index in [2.05, 4.69) is 0 Å². The van der Waals surface area contributed by atoms with Crippen molar-refractivity contribution in [2.75, 3.05) is 13.2 Å². The lowest BCUT2D eigenvalue weighted by atomic mass is 9.91. The van der Waals surface area contributed by atoms with Crippen molar-refractivity contribution in [2.45, 2.75) is 39.2 Å². The Balaban J connectivity index is 1.26. The van der Waals surface area contributed by atoms with E-state index >= 15 is 0 Å². The van der Waals surface area contributed by atoms with Gasteiger partial charge in [0.2, 0.25) is 0 Å². The van der Waals surface area contributed by atoms with Crippen molar-refractivity contribution < 1.29 is 29.3 Å². The highest BCUT2D eigenvalue weighted by atomic mass is 35.5. The van der Waals surface area contributed by atoms with Gasteiger partial charge in [0.25, 0.3) is 0 Å². The molecule has 7 nitrogen and oxygen atoms in total. The zero-order valence-electron chi connectivity index (χ0n) is 24.0. The van der Waals surface area contributed by atoms with Gasteiger partial charge in [-0.3, -0.25) is 9.59 Å². The molecule has 0 spiro atoms. The van der Waals surface area contributed by atoms with Crippen LogP contribution in [-0.4, -0.2) is 39.9 Å². The molecule has 4 aromatic rings. The SMILES string of the molecule is Cc1c(CC2(CC(=O)O)CC2)c2cccc(C=Cc3ccc(OCC=CCOc4ccccc4Cl)cc3)c2n1CC(=O)O. The third kappa shape index (κ3) is 7.48. The molecule has 1 fully saturated rings. The van der Waals surface area contributed by atoms with Crippen LogP contribution in [-0.2, 0) is 22.6 Å². The van der Waals surface area contributed by atoms with Crippen LogP contribution < -0.4 is 9.47 Å². The molecule has 0 bridgehead atoms. The molecule has 0 saturated heterocycles. The molecule has 0 radical (unpaired) electrons. The summed E-state index contributed by atoms with van der Waals surface area (Å²) >= 11 is 6.09. The van der Waals surface area contributed by atoms with Gasteiger partial charge in [0, 0.05) is 11.1 Å². The number of carboxylic acids is 2. The maximum atomic E-state index is 11.8. The second-order valence-electron chi connectivity index (χ2n) is 11.0. The van der Waals surface area contributed by atoms with E-state index in [4.69, 9.17) is 21.1 Å². The van der Waals surface area contributed by atoms with E-state index in [-0.39, 0.29) is 18.4 Å². The molecule has 3 aromatic carbocycles. The largest absolute Gasteiger partial charge is 0.490 e. The second kappa shape index (κ2) is 13.2. The lowest BCUT2D eigenvalue weighted by Crippen LogP contribution is -2.13. The molecule has 0 amide bonds. The first-order chi connectivity index (χ1) is 20.7. The number of nitrogens with zero attached hydrogens (tertiary/aromatic N) is 1.